The molecular weight excluding hydrogens is 381 g/mol. The summed E-state index contributed by atoms with van der Waals surface area (Å²) in [6.07, 6.45) is 1.54. The van der Waals surface area contributed by atoms with Crippen LogP contribution in [0.2, 0.25) is 0 Å². The van der Waals surface area contributed by atoms with Crippen molar-refractivity contribution in [1.29, 1.82) is 5.26 Å². The topological polar surface area (TPSA) is 67.0 Å². The first-order chi connectivity index (χ1) is 14.4. The molecule has 0 unspecified atom stereocenters. The van der Waals surface area contributed by atoms with Gasteiger partial charge in [0.05, 0.1) is 6.61 Å². The normalized spacial score (nSPS) is 11.1. The fourth-order valence-corrected chi connectivity index (χ4v) is 3.25. The maximum absolute atomic E-state index is 13.6. The lowest BCUT2D eigenvalue weighted by atomic mass is 10.1. The predicted molar refractivity (Wildman–Crippen MR) is 115 cm³/mol. The second-order valence-electron chi connectivity index (χ2n) is 6.72. The van der Waals surface area contributed by atoms with Crippen LogP contribution in [-0.4, -0.2) is 17.1 Å². The van der Waals surface area contributed by atoms with Crippen LogP contribution < -0.4 is 10.1 Å². The summed E-state index contributed by atoms with van der Waals surface area (Å²) in [5.41, 5.74) is 3.61. The highest BCUT2D eigenvalue weighted by Crippen LogP contribution is 2.24. The maximum Gasteiger partial charge on any atom is 0.266 e. The number of amides is 1. The molecular formula is C24H22FN3O2. The van der Waals surface area contributed by atoms with Crippen molar-refractivity contribution in [3.63, 3.8) is 0 Å². The zero-order chi connectivity index (χ0) is 21.7. The van der Waals surface area contributed by atoms with Gasteiger partial charge < -0.3 is 14.6 Å². The van der Waals surface area contributed by atoms with E-state index in [-0.39, 0.29) is 11.4 Å². The molecule has 3 aromatic rings. The molecule has 0 saturated carbocycles. The van der Waals surface area contributed by atoms with E-state index < -0.39 is 5.91 Å². The van der Waals surface area contributed by atoms with Crippen molar-refractivity contribution in [2.24, 2.45) is 0 Å². The standard InChI is InChI=1S/C24H22FN3O2/c1-4-30-23-10-8-21(9-11-23)27-24(29)19(15-26)13-18-12-16(2)28(17(18)3)22-7-5-6-20(25)14-22/h5-14H,4H2,1-3H3,(H,27,29)/b19-13-. The van der Waals surface area contributed by atoms with E-state index in [1.165, 1.54) is 12.1 Å². The molecule has 0 fully saturated rings. The lowest BCUT2D eigenvalue weighted by molar-refractivity contribution is -0.112. The fraction of sp³-hybridized carbons (Fsp3) is 0.167. The molecule has 152 valence electrons. The molecule has 0 spiro atoms. The molecule has 0 atom stereocenters. The Labute approximate surface area is 175 Å². The van der Waals surface area contributed by atoms with Gasteiger partial charge in [-0.2, -0.15) is 5.26 Å². The van der Waals surface area contributed by atoms with E-state index in [2.05, 4.69) is 5.32 Å². The minimum Gasteiger partial charge on any atom is -0.494 e. The second-order valence-corrected chi connectivity index (χ2v) is 6.72. The van der Waals surface area contributed by atoms with E-state index in [1.54, 1.807) is 42.5 Å². The Balaban J connectivity index is 1.86. The lowest BCUT2D eigenvalue weighted by Crippen LogP contribution is -2.13. The number of carbonyl (C=O) groups is 1. The molecule has 5 nitrogen and oxygen atoms in total. The third kappa shape index (κ3) is 4.58. The number of aromatic nitrogens is 1. The van der Waals surface area contributed by atoms with E-state index >= 15 is 0 Å². The van der Waals surface area contributed by atoms with Crippen LogP contribution in [0.5, 0.6) is 5.75 Å². The van der Waals surface area contributed by atoms with Crippen LogP contribution in [0.15, 0.2) is 60.2 Å². The quantitative estimate of drug-likeness (QED) is 0.456. The van der Waals surface area contributed by atoms with E-state index in [9.17, 15) is 14.4 Å². The first-order valence-corrected chi connectivity index (χ1v) is 9.53. The smallest absolute Gasteiger partial charge is 0.266 e. The number of anilines is 1. The van der Waals surface area contributed by atoms with Crippen LogP contribution in [0.3, 0.4) is 0 Å². The van der Waals surface area contributed by atoms with Gasteiger partial charge >= 0.3 is 0 Å². The number of rotatable bonds is 6. The Morgan fingerprint density at radius 1 is 1.20 bits per heavy atom. The van der Waals surface area contributed by atoms with Crippen molar-refractivity contribution >= 4 is 17.7 Å². The number of halogens is 1. The summed E-state index contributed by atoms with van der Waals surface area (Å²) >= 11 is 0. The van der Waals surface area contributed by atoms with Crippen molar-refractivity contribution < 1.29 is 13.9 Å². The van der Waals surface area contributed by atoms with Crippen molar-refractivity contribution in [2.75, 3.05) is 11.9 Å². The number of nitrogens with one attached hydrogen (secondary N) is 1. The summed E-state index contributed by atoms with van der Waals surface area (Å²) in [6, 6.07) is 17.0. The highest BCUT2D eigenvalue weighted by Gasteiger charge is 2.14. The highest BCUT2D eigenvalue weighted by atomic mass is 19.1. The minimum absolute atomic E-state index is 0.0247. The molecule has 1 N–H and O–H groups in total. The van der Waals surface area contributed by atoms with Gasteiger partial charge in [0.25, 0.3) is 5.91 Å². The number of hydrogen-bond acceptors (Lipinski definition) is 3. The summed E-state index contributed by atoms with van der Waals surface area (Å²) < 4.78 is 20.9. The number of nitrogens with zero attached hydrogens (tertiary/aromatic N) is 2. The summed E-state index contributed by atoms with van der Waals surface area (Å²) in [7, 11) is 0. The Morgan fingerprint density at radius 2 is 1.93 bits per heavy atom. The minimum atomic E-state index is -0.503. The summed E-state index contributed by atoms with van der Waals surface area (Å²) in [5, 5.41) is 12.2. The highest BCUT2D eigenvalue weighted by molar-refractivity contribution is 6.09. The molecule has 6 heteroatoms. The lowest BCUT2D eigenvalue weighted by Gasteiger charge is -2.09. The Hall–Kier alpha value is -3.85. The van der Waals surface area contributed by atoms with E-state index in [1.807, 2.05) is 37.5 Å². The second kappa shape index (κ2) is 9.10. The van der Waals surface area contributed by atoms with Crippen molar-refractivity contribution in [3.05, 3.63) is 82.9 Å². The number of ether oxygens (including phenoxy) is 1. The molecule has 3 rings (SSSR count). The van der Waals surface area contributed by atoms with Crippen LogP contribution in [-0.2, 0) is 4.79 Å². The molecule has 1 aromatic heterocycles. The van der Waals surface area contributed by atoms with E-state index in [0.29, 0.717) is 23.7 Å². The van der Waals surface area contributed by atoms with Crippen molar-refractivity contribution in [2.45, 2.75) is 20.8 Å². The van der Waals surface area contributed by atoms with Gasteiger partial charge in [0, 0.05) is 22.8 Å². The van der Waals surface area contributed by atoms with Gasteiger partial charge in [-0.05, 0) is 80.9 Å². The Bertz CT molecular complexity index is 1140. The SMILES string of the molecule is CCOc1ccc(NC(=O)/C(C#N)=C\c2cc(C)n(-c3cccc(F)c3)c2C)cc1. The zero-order valence-corrected chi connectivity index (χ0v) is 17.1. The third-order valence-corrected chi connectivity index (χ3v) is 4.62. The number of benzene rings is 2. The van der Waals surface area contributed by atoms with Crippen molar-refractivity contribution in [3.8, 4) is 17.5 Å². The maximum atomic E-state index is 13.6. The molecule has 1 amide bonds. The monoisotopic (exact) mass is 403 g/mol. The largest absolute Gasteiger partial charge is 0.494 e. The van der Waals surface area contributed by atoms with Crippen LogP contribution in [0.1, 0.15) is 23.9 Å². The van der Waals surface area contributed by atoms with Crippen molar-refractivity contribution in [1.82, 2.24) is 4.57 Å². The van der Waals surface area contributed by atoms with Gasteiger partial charge in [0.2, 0.25) is 0 Å². The predicted octanol–water partition coefficient (Wildman–Crippen LogP) is 5.18. The van der Waals surface area contributed by atoms with Gasteiger partial charge in [-0.15, -0.1) is 0 Å². The molecule has 0 aliphatic heterocycles. The van der Waals surface area contributed by atoms with Crippen LogP contribution >= 0.6 is 0 Å². The molecule has 30 heavy (non-hydrogen) atoms. The van der Waals surface area contributed by atoms with Gasteiger partial charge in [0.15, 0.2) is 0 Å². The fourth-order valence-electron chi connectivity index (χ4n) is 3.25. The average Bonchev–Trinajstić information content (AvgIpc) is 3.00. The number of aryl methyl sites for hydroxylation is 1. The first kappa shape index (κ1) is 20.9. The number of nitriles is 1. The number of hydrogen-bond donors (Lipinski definition) is 1. The molecule has 0 radical (unpaired) electrons. The van der Waals surface area contributed by atoms with Gasteiger partial charge in [-0.25, -0.2) is 4.39 Å². The van der Waals surface area contributed by atoms with E-state index in [0.717, 1.165) is 17.0 Å². The first-order valence-electron chi connectivity index (χ1n) is 9.53. The van der Waals surface area contributed by atoms with E-state index in [4.69, 9.17) is 4.74 Å². The van der Waals surface area contributed by atoms with Crippen LogP contribution in [0.25, 0.3) is 11.8 Å². The molecule has 0 bridgehead atoms. The Morgan fingerprint density at radius 3 is 2.57 bits per heavy atom. The Kier molecular flexibility index (Phi) is 6.33. The molecule has 0 aliphatic carbocycles. The van der Waals surface area contributed by atoms with Crippen LogP contribution in [0.4, 0.5) is 10.1 Å². The molecule has 2 aromatic carbocycles. The molecule has 0 saturated heterocycles. The van der Waals surface area contributed by atoms with Gasteiger partial charge in [-0.3, -0.25) is 4.79 Å². The molecule has 1 heterocycles. The van der Waals surface area contributed by atoms with Gasteiger partial charge in [0.1, 0.15) is 23.2 Å². The van der Waals surface area contributed by atoms with Crippen LogP contribution in [0, 0.1) is 31.0 Å². The summed E-state index contributed by atoms with van der Waals surface area (Å²) in [4.78, 5) is 12.6. The summed E-state index contributed by atoms with van der Waals surface area (Å²) in [5.74, 6) is -0.127. The average molecular weight is 403 g/mol. The number of carbonyl (C=O) groups excluding carboxylic acids is 1. The zero-order valence-electron chi connectivity index (χ0n) is 17.1. The third-order valence-electron chi connectivity index (χ3n) is 4.62. The molecule has 0 aliphatic rings. The summed E-state index contributed by atoms with van der Waals surface area (Å²) in [6.45, 7) is 6.20. The van der Waals surface area contributed by atoms with Gasteiger partial charge in [-0.1, -0.05) is 6.07 Å².